The second-order valence-electron chi connectivity index (χ2n) is 3.73. The van der Waals surface area contributed by atoms with E-state index >= 15 is 0 Å². The van der Waals surface area contributed by atoms with Crippen LogP contribution in [0.2, 0.25) is 0 Å². The third-order valence-corrected chi connectivity index (χ3v) is 2.71. The SMILES string of the molecule is CCOC(=O)CC(CCl)NCc1ccccc1. The van der Waals surface area contributed by atoms with E-state index in [4.69, 9.17) is 16.3 Å². The van der Waals surface area contributed by atoms with Gasteiger partial charge in [-0.2, -0.15) is 0 Å². The third-order valence-electron chi connectivity index (χ3n) is 2.34. The summed E-state index contributed by atoms with van der Waals surface area (Å²) in [4.78, 5) is 11.3. The van der Waals surface area contributed by atoms with Crippen molar-refractivity contribution in [1.29, 1.82) is 0 Å². The van der Waals surface area contributed by atoms with Gasteiger partial charge in [0.25, 0.3) is 0 Å². The van der Waals surface area contributed by atoms with Crippen molar-refractivity contribution in [2.24, 2.45) is 0 Å². The fourth-order valence-electron chi connectivity index (χ4n) is 1.46. The van der Waals surface area contributed by atoms with Crippen molar-refractivity contribution in [3.8, 4) is 0 Å². The predicted molar refractivity (Wildman–Crippen MR) is 69.0 cm³/mol. The standard InChI is InChI=1S/C13H18ClNO2/c1-2-17-13(16)8-12(9-14)15-10-11-6-4-3-5-7-11/h3-7,12,15H,2,8-10H2,1H3. The number of ether oxygens (including phenoxy) is 1. The van der Waals surface area contributed by atoms with Gasteiger partial charge in [-0.05, 0) is 12.5 Å². The van der Waals surface area contributed by atoms with Crippen LogP contribution in [0, 0.1) is 0 Å². The fourth-order valence-corrected chi connectivity index (χ4v) is 1.68. The molecule has 0 radical (unpaired) electrons. The number of halogens is 1. The molecular weight excluding hydrogens is 238 g/mol. The van der Waals surface area contributed by atoms with Gasteiger partial charge in [0, 0.05) is 18.5 Å². The van der Waals surface area contributed by atoms with Gasteiger partial charge in [-0.3, -0.25) is 4.79 Å². The first-order valence-corrected chi connectivity index (χ1v) is 6.28. The first-order valence-electron chi connectivity index (χ1n) is 5.75. The number of benzene rings is 1. The van der Waals surface area contributed by atoms with E-state index in [0.29, 0.717) is 25.5 Å². The summed E-state index contributed by atoms with van der Waals surface area (Å²) >= 11 is 5.81. The summed E-state index contributed by atoms with van der Waals surface area (Å²) in [5.41, 5.74) is 1.17. The minimum atomic E-state index is -0.210. The molecule has 3 nitrogen and oxygen atoms in total. The normalized spacial score (nSPS) is 12.1. The Morgan fingerprint density at radius 2 is 2.12 bits per heavy atom. The second kappa shape index (κ2) is 8.09. The largest absolute Gasteiger partial charge is 0.466 e. The van der Waals surface area contributed by atoms with Crippen LogP contribution in [0.4, 0.5) is 0 Å². The highest BCUT2D eigenvalue weighted by Gasteiger charge is 2.12. The van der Waals surface area contributed by atoms with Crippen LogP contribution in [0.1, 0.15) is 18.9 Å². The lowest BCUT2D eigenvalue weighted by Crippen LogP contribution is -2.33. The van der Waals surface area contributed by atoms with Crippen molar-refractivity contribution in [3.05, 3.63) is 35.9 Å². The lowest BCUT2D eigenvalue weighted by molar-refractivity contribution is -0.143. The smallest absolute Gasteiger partial charge is 0.307 e. The van der Waals surface area contributed by atoms with Gasteiger partial charge < -0.3 is 10.1 Å². The summed E-state index contributed by atoms with van der Waals surface area (Å²) in [6, 6.07) is 9.96. The molecule has 0 bridgehead atoms. The Kier molecular flexibility index (Phi) is 6.67. The van der Waals surface area contributed by atoms with Crippen LogP contribution >= 0.6 is 11.6 Å². The molecule has 1 atom stereocenters. The molecule has 0 heterocycles. The minimum absolute atomic E-state index is 0.0454. The molecule has 0 aliphatic heterocycles. The maximum absolute atomic E-state index is 11.3. The number of alkyl halides is 1. The van der Waals surface area contributed by atoms with Crippen LogP contribution < -0.4 is 5.32 Å². The lowest BCUT2D eigenvalue weighted by Gasteiger charge is -2.15. The van der Waals surface area contributed by atoms with Gasteiger partial charge in [0.2, 0.25) is 0 Å². The number of esters is 1. The molecule has 0 saturated carbocycles. The van der Waals surface area contributed by atoms with Crippen molar-refractivity contribution in [2.75, 3.05) is 12.5 Å². The minimum Gasteiger partial charge on any atom is -0.466 e. The molecule has 0 aliphatic carbocycles. The zero-order chi connectivity index (χ0) is 12.5. The lowest BCUT2D eigenvalue weighted by atomic mass is 10.2. The quantitative estimate of drug-likeness (QED) is 0.600. The Balaban J connectivity index is 2.34. The Morgan fingerprint density at radius 1 is 1.41 bits per heavy atom. The molecule has 0 fully saturated rings. The van der Waals surface area contributed by atoms with Crippen molar-refractivity contribution < 1.29 is 9.53 Å². The van der Waals surface area contributed by atoms with Gasteiger partial charge in [0.1, 0.15) is 0 Å². The van der Waals surface area contributed by atoms with Crippen LogP contribution in [0.25, 0.3) is 0 Å². The van der Waals surface area contributed by atoms with E-state index in [2.05, 4.69) is 5.32 Å². The molecule has 94 valence electrons. The summed E-state index contributed by atoms with van der Waals surface area (Å²) < 4.78 is 4.89. The highest BCUT2D eigenvalue weighted by Crippen LogP contribution is 2.02. The zero-order valence-electron chi connectivity index (χ0n) is 9.99. The molecule has 17 heavy (non-hydrogen) atoms. The summed E-state index contributed by atoms with van der Waals surface area (Å²) in [5.74, 6) is 0.185. The molecule has 1 aromatic rings. The molecule has 0 spiro atoms. The fraction of sp³-hybridized carbons (Fsp3) is 0.462. The Morgan fingerprint density at radius 3 is 2.71 bits per heavy atom. The van der Waals surface area contributed by atoms with Gasteiger partial charge in [0.05, 0.1) is 13.0 Å². The van der Waals surface area contributed by atoms with E-state index in [9.17, 15) is 4.79 Å². The van der Waals surface area contributed by atoms with Crippen LogP contribution in [0.15, 0.2) is 30.3 Å². The number of carbonyl (C=O) groups is 1. The van der Waals surface area contributed by atoms with Crippen molar-refractivity contribution in [2.45, 2.75) is 25.9 Å². The molecule has 1 N–H and O–H groups in total. The van der Waals surface area contributed by atoms with Crippen LogP contribution in [0.5, 0.6) is 0 Å². The van der Waals surface area contributed by atoms with Gasteiger partial charge >= 0.3 is 5.97 Å². The monoisotopic (exact) mass is 255 g/mol. The average Bonchev–Trinajstić information content (AvgIpc) is 2.36. The maximum Gasteiger partial charge on any atom is 0.307 e. The molecular formula is C13H18ClNO2. The molecule has 0 aliphatic rings. The third kappa shape index (κ3) is 5.71. The van der Waals surface area contributed by atoms with E-state index in [1.54, 1.807) is 6.92 Å². The number of hydrogen-bond donors (Lipinski definition) is 1. The summed E-state index contributed by atoms with van der Waals surface area (Å²) in [6.45, 7) is 2.91. The van der Waals surface area contributed by atoms with Gasteiger partial charge in [-0.25, -0.2) is 0 Å². The number of rotatable bonds is 7. The summed E-state index contributed by atoms with van der Waals surface area (Å²) in [7, 11) is 0. The number of carbonyl (C=O) groups excluding carboxylic acids is 1. The average molecular weight is 256 g/mol. The number of hydrogen-bond acceptors (Lipinski definition) is 3. The van der Waals surface area contributed by atoms with Crippen LogP contribution in [-0.2, 0) is 16.1 Å². The first kappa shape index (κ1) is 14.0. The Hall–Kier alpha value is -1.06. The van der Waals surface area contributed by atoms with E-state index in [-0.39, 0.29) is 12.0 Å². The first-order chi connectivity index (χ1) is 8.26. The van der Waals surface area contributed by atoms with E-state index in [1.807, 2.05) is 30.3 Å². The molecule has 0 saturated heterocycles. The van der Waals surface area contributed by atoms with Crippen molar-refractivity contribution in [3.63, 3.8) is 0 Å². The Bertz CT molecular complexity index is 329. The molecule has 0 aromatic heterocycles. The number of nitrogens with one attached hydrogen (secondary N) is 1. The van der Waals surface area contributed by atoms with Crippen LogP contribution in [-0.4, -0.2) is 24.5 Å². The highest BCUT2D eigenvalue weighted by atomic mass is 35.5. The maximum atomic E-state index is 11.3. The van der Waals surface area contributed by atoms with E-state index in [0.717, 1.165) is 0 Å². The van der Waals surface area contributed by atoms with Gasteiger partial charge in [-0.1, -0.05) is 30.3 Å². The summed E-state index contributed by atoms with van der Waals surface area (Å²) in [6.07, 6.45) is 0.310. The summed E-state index contributed by atoms with van der Waals surface area (Å²) in [5, 5.41) is 3.24. The molecule has 1 rings (SSSR count). The van der Waals surface area contributed by atoms with Gasteiger partial charge in [0.15, 0.2) is 0 Å². The van der Waals surface area contributed by atoms with E-state index < -0.39 is 0 Å². The highest BCUT2D eigenvalue weighted by molar-refractivity contribution is 6.18. The van der Waals surface area contributed by atoms with Crippen LogP contribution in [0.3, 0.4) is 0 Å². The van der Waals surface area contributed by atoms with Gasteiger partial charge in [-0.15, -0.1) is 11.6 Å². The van der Waals surface area contributed by atoms with Crippen molar-refractivity contribution >= 4 is 17.6 Å². The molecule has 0 amide bonds. The van der Waals surface area contributed by atoms with E-state index in [1.165, 1.54) is 5.56 Å². The topological polar surface area (TPSA) is 38.3 Å². The van der Waals surface area contributed by atoms with Crippen molar-refractivity contribution in [1.82, 2.24) is 5.32 Å². The predicted octanol–water partition coefficient (Wildman–Crippen LogP) is 2.34. The molecule has 1 aromatic carbocycles. The molecule has 1 unspecified atom stereocenters. The molecule has 4 heteroatoms. The zero-order valence-corrected chi connectivity index (χ0v) is 10.7. The Labute approximate surface area is 107 Å². The second-order valence-corrected chi connectivity index (χ2v) is 4.04.